The SMILES string of the molecule is CCOC(=O)c1cnnn1C(F)C(F)F. The summed E-state index contributed by atoms with van der Waals surface area (Å²) in [4.78, 5) is 11.1. The number of carbonyl (C=O) groups is 1. The number of halogens is 3. The molecule has 0 aliphatic carbocycles. The van der Waals surface area contributed by atoms with Crippen molar-refractivity contribution in [3.8, 4) is 0 Å². The lowest BCUT2D eigenvalue weighted by molar-refractivity contribution is -0.00351. The summed E-state index contributed by atoms with van der Waals surface area (Å²) in [6.07, 6.45) is -5.11. The summed E-state index contributed by atoms with van der Waals surface area (Å²) in [7, 11) is 0. The van der Waals surface area contributed by atoms with Gasteiger partial charge < -0.3 is 4.74 Å². The molecule has 0 spiro atoms. The van der Waals surface area contributed by atoms with Gasteiger partial charge in [-0.25, -0.2) is 18.0 Å². The summed E-state index contributed by atoms with van der Waals surface area (Å²) in [5, 5.41) is 6.22. The number of hydrogen-bond acceptors (Lipinski definition) is 4. The second-order valence-corrected chi connectivity index (χ2v) is 2.49. The van der Waals surface area contributed by atoms with E-state index >= 15 is 0 Å². The number of aromatic nitrogens is 3. The molecule has 1 aromatic heterocycles. The van der Waals surface area contributed by atoms with Gasteiger partial charge in [0.25, 0.3) is 12.7 Å². The fourth-order valence-electron chi connectivity index (χ4n) is 0.884. The zero-order valence-electron chi connectivity index (χ0n) is 7.73. The van der Waals surface area contributed by atoms with E-state index in [1.165, 1.54) is 6.92 Å². The van der Waals surface area contributed by atoms with Gasteiger partial charge in [-0.1, -0.05) is 5.21 Å². The molecule has 0 aliphatic heterocycles. The molecule has 1 rings (SSSR count). The Labute approximate surface area is 82.8 Å². The molecule has 84 valence electrons. The fourth-order valence-corrected chi connectivity index (χ4v) is 0.884. The lowest BCUT2D eigenvalue weighted by Gasteiger charge is -2.09. The van der Waals surface area contributed by atoms with Gasteiger partial charge in [-0.3, -0.25) is 0 Å². The third-order valence-electron chi connectivity index (χ3n) is 1.50. The molecule has 0 saturated carbocycles. The molecule has 0 fully saturated rings. The van der Waals surface area contributed by atoms with E-state index in [1.54, 1.807) is 0 Å². The monoisotopic (exact) mass is 223 g/mol. The molecule has 15 heavy (non-hydrogen) atoms. The van der Waals surface area contributed by atoms with Crippen LogP contribution in [0.1, 0.15) is 23.7 Å². The number of carbonyl (C=O) groups excluding carboxylic acids is 1. The molecular formula is C7H8F3N3O2. The second-order valence-electron chi connectivity index (χ2n) is 2.49. The summed E-state index contributed by atoms with van der Waals surface area (Å²) in [6, 6.07) is 0. The third kappa shape index (κ3) is 2.45. The first-order chi connectivity index (χ1) is 7.07. The van der Waals surface area contributed by atoms with E-state index in [0.717, 1.165) is 6.20 Å². The van der Waals surface area contributed by atoms with Crippen LogP contribution >= 0.6 is 0 Å². The van der Waals surface area contributed by atoms with Crippen molar-refractivity contribution in [1.82, 2.24) is 15.0 Å². The molecule has 0 aromatic carbocycles. The Kier molecular flexibility index (Phi) is 3.64. The van der Waals surface area contributed by atoms with E-state index in [-0.39, 0.29) is 11.3 Å². The van der Waals surface area contributed by atoms with Gasteiger partial charge in [-0.2, -0.15) is 4.68 Å². The maximum Gasteiger partial charge on any atom is 0.358 e. The number of alkyl halides is 3. The Hall–Kier alpha value is -1.60. The van der Waals surface area contributed by atoms with Gasteiger partial charge in [0, 0.05) is 0 Å². The zero-order chi connectivity index (χ0) is 11.4. The second kappa shape index (κ2) is 4.76. The van der Waals surface area contributed by atoms with Crippen molar-refractivity contribution in [2.45, 2.75) is 19.6 Å². The predicted molar refractivity (Wildman–Crippen MR) is 42.1 cm³/mol. The molecule has 0 bridgehead atoms. The number of ether oxygens (including phenoxy) is 1. The maximum atomic E-state index is 12.9. The molecule has 1 unspecified atom stereocenters. The number of nitrogens with zero attached hydrogens (tertiary/aromatic N) is 3. The lowest BCUT2D eigenvalue weighted by Crippen LogP contribution is -2.20. The van der Waals surface area contributed by atoms with Gasteiger partial charge >= 0.3 is 5.97 Å². The van der Waals surface area contributed by atoms with E-state index in [0.29, 0.717) is 0 Å². The normalized spacial score (nSPS) is 12.9. The first kappa shape index (κ1) is 11.5. The van der Waals surface area contributed by atoms with Crippen LogP contribution < -0.4 is 0 Å². The van der Waals surface area contributed by atoms with Crippen LogP contribution in [0.4, 0.5) is 13.2 Å². The van der Waals surface area contributed by atoms with Crippen LogP contribution in [0.3, 0.4) is 0 Å². The summed E-state index contributed by atoms with van der Waals surface area (Å²) in [5.74, 6) is -0.939. The van der Waals surface area contributed by atoms with Crippen LogP contribution in [0.25, 0.3) is 0 Å². The molecule has 0 radical (unpaired) electrons. The van der Waals surface area contributed by atoms with Crippen molar-refractivity contribution in [2.75, 3.05) is 6.61 Å². The van der Waals surface area contributed by atoms with E-state index in [4.69, 9.17) is 0 Å². The lowest BCUT2D eigenvalue weighted by atomic mass is 10.4. The molecule has 1 atom stereocenters. The Morgan fingerprint density at radius 1 is 1.60 bits per heavy atom. The highest BCUT2D eigenvalue weighted by molar-refractivity contribution is 5.87. The first-order valence-electron chi connectivity index (χ1n) is 4.07. The largest absolute Gasteiger partial charge is 0.461 e. The Morgan fingerprint density at radius 3 is 2.80 bits per heavy atom. The van der Waals surface area contributed by atoms with Crippen LogP contribution in [0.15, 0.2) is 6.20 Å². The van der Waals surface area contributed by atoms with Crippen molar-refractivity contribution in [2.24, 2.45) is 0 Å². The molecule has 0 amide bonds. The van der Waals surface area contributed by atoms with Gasteiger partial charge in [0.2, 0.25) is 0 Å². The van der Waals surface area contributed by atoms with E-state index in [1.807, 2.05) is 0 Å². The highest BCUT2D eigenvalue weighted by atomic mass is 19.3. The minimum absolute atomic E-state index is 0.0512. The predicted octanol–water partition coefficient (Wildman–Crippen LogP) is 1.19. The van der Waals surface area contributed by atoms with Crippen molar-refractivity contribution in [1.29, 1.82) is 0 Å². The molecular weight excluding hydrogens is 215 g/mol. The minimum atomic E-state index is -3.28. The van der Waals surface area contributed by atoms with Crippen LogP contribution in [0, 0.1) is 0 Å². The van der Waals surface area contributed by atoms with Crippen LogP contribution in [0.5, 0.6) is 0 Å². The Balaban J connectivity index is 2.91. The smallest absolute Gasteiger partial charge is 0.358 e. The molecule has 0 N–H and O–H groups in total. The summed E-state index contributed by atoms with van der Waals surface area (Å²) >= 11 is 0. The molecule has 0 aliphatic rings. The maximum absolute atomic E-state index is 12.9. The average molecular weight is 223 g/mol. The summed E-state index contributed by atoms with van der Waals surface area (Å²) in [5.41, 5.74) is -0.440. The van der Waals surface area contributed by atoms with Crippen molar-refractivity contribution in [3.05, 3.63) is 11.9 Å². The number of hydrogen-bond donors (Lipinski definition) is 0. The topological polar surface area (TPSA) is 57.0 Å². The van der Waals surface area contributed by atoms with E-state index < -0.39 is 24.4 Å². The molecule has 8 heteroatoms. The van der Waals surface area contributed by atoms with E-state index in [2.05, 4.69) is 15.0 Å². The van der Waals surface area contributed by atoms with Gasteiger partial charge in [-0.15, -0.1) is 5.10 Å². The molecule has 1 heterocycles. The fraction of sp³-hybridized carbons (Fsp3) is 0.571. The van der Waals surface area contributed by atoms with Crippen molar-refractivity contribution in [3.63, 3.8) is 0 Å². The van der Waals surface area contributed by atoms with Crippen LogP contribution in [-0.2, 0) is 4.74 Å². The quantitative estimate of drug-likeness (QED) is 0.719. The molecule has 5 nitrogen and oxygen atoms in total. The highest BCUT2D eigenvalue weighted by Crippen LogP contribution is 2.18. The number of esters is 1. The average Bonchev–Trinajstić information content (AvgIpc) is 2.65. The van der Waals surface area contributed by atoms with Gasteiger partial charge in [0.15, 0.2) is 5.69 Å². The third-order valence-corrected chi connectivity index (χ3v) is 1.50. The van der Waals surface area contributed by atoms with E-state index in [9.17, 15) is 18.0 Å². The van der Waals surface area contributed by atoms with Crippen LogP contribution in [-0.4, -0.2) is 34.0 Å². The van der Waals surface area contributed by atoms with Crippen LogP contribution in [0.2, 0.25) is 0 Å². The molecule has 1 aromatic rings. The Bertz CT molecular complexity index is 342. The first-order valence-corrected chi connectivity index (χ1v) is 4.07. The standard InChI is InChI=1S/C7H8F3N3O2/c1-2-15-7(14)4-3-11-12-13(4)6(10)5(8)9/h3,5-6H,2H2,1H3. The minimum Gasteiger partial charge on any atom is -0.461 e. The highest BCUT2D eigenvalue weighted by Gasteiger charge is 2.27. The van der Waals surface area contributed by atoms with Crippen molar-refractivity contribution >= 4 is 5.97 Å². The molecule has 0 saturated heterocycles. The zero-order valence-corrected chi connectivity index (χ0v) is 7.73. The summed E-state index contributed by atoms with van der Waals surface area (Å²) in [6.45, 7) is 1.59. The van der Waals surface area contributed by atoms with Gasteiger partial charge in [0.1, 0.15) is 0 Å². The van der Waals surface area contributed by atoms with Crippen molar-refractivity contribution < 1.29 is 22.7 Å². The van der Waals surface area contributed by atoms with Gasteiger partial charge in [-0.05, 0) is 6.92 Å². The van der Waals surface area contributed by atoms with Gasteiger partial charge in [0.05, 0.1) is 12.8 Å². The number of rotatable bonds is 4. The Morgan fingerprint density at radius 2 is 2.27 bits per heavy atom. The summed E-state index contributed by atoms with van der Waals surface area (Å²) < 4.78 is 41.6.